The number of carbonyl (C=O) groups excluding carboxylic acids is 1. The zero-order valence-corrected chi connectivity index (χ0v) is 14.8. The molecular formula is C19H27N3O3. The molecule has 4 rings (SSSR count). The average molecular weight is 345 g/mol. The maximum Gasteiger partial charge on any atom is 0.253 e. The Kier molecular flexibility index (Phi) is 5.01. The fraction of sp³-hybridized carbons (Fsp3) is 0.684. The molecule has 3 saturated heterocycles. The number of amides is 1. The maximum atomic E-state index is 12.6. The van der Waals surface area contributed by atoms with E-state index >= 15 is 0 Å². The minimum absolute atomic E-state index is 0.0388. The predicted octanol–water partition coefficient (Wildman–Crippen LogP) is 1.99. The zero-order valence-electron chi connectivity index (χ0n) is 14.8. The molecule has 0 aromatic carbocycles. The molecule has 0 saturated carbocycles. The van der Waals surface area contributed by atoms with Crippen molar-refractivity contribution >= 4 is 11.6 Å². The number of pyridine rings is 1. The molecule has 0 radical (unpaired) electrons. The van der Waals surface area contributed by atoms with E-state index in [0.29, 0.717) is 12.0 Å². The van der Waals surface area contributed by atoms with E-state index in [4.69, 9.17) is 9.47 Å². The number of anilines is 1. The molecule has 0 bridgehead atoms. The summed E-state index contributed by atoms with van der Waals surface area (Å²) in [4.78, 5) is 19.4. The maximum absolute atomic E-state index is 12.6. The van der Waals surface area contributed by atoms with Crippen LogP contribution in [0.15, 0.2) is 18.3 Å². The molecule has 25 heavy (non-hydrogen) atoms. The van der Waals surface area contributed by atoms with Crippen LogP contribution < -0.4 is 5.32 Å². The Morgan fingerprint density at radius 2 is 2.16 bits per heavy atom. The fourth-order valence-electron chi connectivity index (χ4n) is 4.33. The highest BCUT2D eigenvalue weighted by molar-refractivity contribution is 5.94. The Labute approximate surface area is 148 Å². The van der Waals surface area contributed by atoms with Gasteiger partial charge in [0.1, 0.15) is 6.10 Å². The van der Waals surface area contributed by atoms with Crippen molar-refractivity contribution in [1.82, 2.24) is 9.88 Å². The number of ether oxygens (including phenoxy) is 2. The van der Waals surface area contributed by atoms with E-state index in [1.807, 2.05) is 19.1 Å². The van der Waals surface area contributed by atoms with Crippen LogP contribution in [0, 0.1) is 12.8 Å². The first-order valence-corrected chi connectivity index (χ1v) is 9.40. The second-order valence-electron chi connectivity index (χ2n) is 7.41. The monoisotopic (exact) mass is 345 g/mol. The normalized spacial score (nSPS) is 30.8. The molecular weight excluding hydrogens is 318 g/mol. The van der Waals surface area contributed by atoms with Gasteiger partial charge in [0.2, 0.25) is 0 Å². The summed E-state index contributed by atoms with van der Waals surface area (Å²) in [5, 5.41) is 2.98. The van der Waals surface area contributed by atoms with Crippen LogP contribution in [0.25, 0.3) is 0 Å². The molecule has 1 aromatic rings. The van der Waals surface area contributed by atoms with Crippen LogP contribution in [0.4, 0.5) is 5.69 Å². The lowest BCUT2D eigenvalue weighted by molar-refractivity contribution is -0.127. The van der Waals surface area contributed by atoms with Crippen molar-refractivity contribution in [3.8, 4) is 0 Å². The molecule has 3 aliphatic heterocycles. The van der Waals surface area contributed by atoms with Gasteiger partial charge in [0, 0.05) is 32.0 Å². The van der Waals surface area contributed by atoms with Crippen molar-refractivity contribution < 1.29 is 14.3 Å². The molecule has 0 aliphatic carbocycles. The summed E-state index contributed by atoms with van der Waals surface area (Å²) in [6.07, 6.45) is 5.75. The summed E-state index contributed by atoms with van der Waals surface area (Å²) in [5.41, 5.74) is 1.60. The second kappa shape index (κ2) is 7.40. The molecule has 3 aliphatic rings. The van der Waals surface area contributed by atoms with E-state index in [9.17, 15) is 4.79 Å². The van der Waals surface area contributed by atoms with Gasteiger partial charge in [-0.1, -0.05) is 0 Å². The second-order valence-corrected chi connectivity index (χ2v) is 7.41. The largest absolute Gasteiger partial charge is 0.381 e. The Hall–Kier alpha value is -1.50. The van der Waals surface area contributed by atoms with Crippen molar-refractivity contribution in [3.63, 3.8) is 0 Å². The summed E-state index contributed by atoms with van der Waals surface area (Å²) in [5.74, 6) is 0.463. The van der Waals surface area contributed by atoms with Gasteiger partial charge < -0.3 is 14.8 Å². The molecule has 136 valence electrons. The highest BCUT2D eigenvalue weighted by Gasteiger charge is 2.43. The molecule has 6 nitrogen and oxygen atoms in total. The van der Waals surface area contributed by atoms with Crippen molar-refractivity contribution in [1.29, 1.82) is 0 Å². The number of hydrogen-bond donors (Lipinski definition) is 1. The lowest BCUT2D eigenvalue weighted by Crippen LogP contribution is -2.49. The molecule has 4 heterocycles. The first kappa shape index (κ1) is 16.9. The Bertz CT molecular complexity index is 618. The molecule has 0 spiro atoms. The van der Waals surface area contributed by atoms with E-state index in [1.54, 1.807) is 6.20 Å². The van der Waals surface area contributed by atoms with Gasteiger partial charge in [-0.15, -0.1) is 0 Å². The van der Waals surface area contributed by atoms with Crippen LogP contribution in [0.1, 0.15) is 31.4 Å². The molecule has 1 aromatic heterocycles. The van der Waals surface area contributed by atoms with E-state index in [2.05, 4.69) is 15.2 Å². The average Bonchev–Trinajstić information content (AvgIpc) is 3.08. The van der Waals surface area contributed by atoms with Crippen molar-refractivity contribution in [2.24, 2.45) is 5.92 Å². The number of hydrogen-bond acceptors (Lipinski definition) is 5. The van der Waals surface area contributed by atoms with Gasteiger partial charge in [-0.2, -0.15) is 0 Å². The zero-order chi connectivity index (χ0) is 17.2. The third-order valence-electron chi connectivity index (χ3n) is 5.85. The van der Waals surface area contributed by atoms with Crippen LogP contribution in [-0.2, 0) is 14.3 Å². The summed E-state index contributed by atoms with van der Waals surface area (Å²) >= 11 is 0. The van der Waals surface area contributed by atoms with Crippen LogP contribution in [0.5, 0.6) is 0 Å². The molecule has 6 heteroatoms. The van der Waals surface area contributed by atoms with Crippen LogP contribution in [0.2, 0.25) is 0 Å². The third kappa shape index (κ3) is 3.71. The topological polar surface area (TPSA) is 63.7 Å². The number of fused-ring (bicyclic) bond motifs is 1. The number of likely N-dealkylation sites (tertiary alicyclic amines) is 1. The molecule has 3 atom stereocenters. The Balaban J connectivity index is 1.34. The Morgan fingerprint density at radius 1 is 1.32 bits per heavy atom. The minimum atomic E-state index is -0.343. The number of nitrogens with zero attached hydrogens (tertiary/aromatic N) is 2. The summed E-state index contributed by atoms with van der Waals surface area (Å²) in [6, 6.07) is 4.34. The number of aryl methyl sites for hydroxylation is 1. The summed E-state index contributed by atoms with van der Waals surface area (Å²) < 4.78 is 11.6. The summed E-state index contributed by atoms with van der Waals surface area (Å²) in [7, 11) is 0. The highest BCUT2D eigenvalue weighted by Crippen LogP contribution is 2.35. The number of aromatic nitrogens is 1. The lowest BCUT2D eigenvalue weighted by Gasteiger charge is -2.40. The van der Waals surface area contributed by atoms with Crippen molar-refractivity contribution in [2.45, 2.75) is 50.9 Å². The van der Waals surface area contributed by atoms with Gasteiger partial charge in [0.25, 0.3) is 5.91 Å². The fourth-order valence-corrected chi connectivity index (χ4v) is 4.33. The van der Waals surface area contributed by atoms with E-state index in [-0.39, 0.29) is 18.1 Å². The van der Waals surface area contributed by atoms with Gasteiger partial charge in [0.05, 0.1) is 17.5 Å². The smallest absolute Gasteiger partial charge is 0.253 e. The molecule has 1 N–H and O–H groups in total. The minimum Gasteiger partial charge on any atom is -0.381 e. The lowest BCUT2D eigenvalue weighted by atomic mass is 9.90. The number of nitrogens with one attached hydrogen (secondary N) is 1. The van der Waals surface area contributed by atoms with Crippen molar-refractivity contribution in [2.75, 3.05) is 31.6 Å². The quantitative estimate of drug-likeness (QED) is 0.908. The van der Waals surface area contributed by atoms with Crippen LogP contribution in [-0.4, -0.2) is 60.3 Å². The standard InChI is InChI=1S/C19H27N3O3/c1-13-16(3-2-7-20-13)21-19(23)17-11-14-4-8-22(12-18(14)25-17)15-5-9-24-10-6-15/h2-3,7,14-15,17-18H,4-6,8-12H2,1H3,(H,21,23)/t14-,17+,18+/m1/s1. The van der Waals surface area contributed by atoms with Gasteiger partial charge in [-0.05, 0) is 57.2 Å². The molecule has 0 unspecified atom stereocenters. The van der Waals surface area contributed by atoms with Crippen LogP contribution in [0.3, 0.4) is 0 Å². The van der Waals surface area contributed by atoms with Gasteiger partial charge in [-0.25, -0.2) is 0 Å². The number of carbonyl (C=O) groups is 1. The first-order valence-electron chi connectivity index (χ1n) is 9.40. The van der Waals surface area contributed by atoms with Gasteiger partial charge >= 0.3 is 0 Å². The predicted molar refractivity (Wildman–Crippen MR) is 94.4 cm³/mol. The van der Waals surface area contributed by atoms with E-state index < -0.39 is 0 Å². The van der Waals surface area contributed by atoms with Crippen LogP contribution >= 0.6 is 0 Å². The molecule has 1 amide bonds. The SMILES string of the molecule is Cc1ncccc1NC(=O)[C@@H]1C[C@H]2CCN(C3CCOCC3)C[C@@H]2O1. The van der Waals surface area contributed by atoms with Gasteiger partial charge in [0.15, 0.2) is 0 Å². The van der Waals surface area contributed by atoms with Crippen molar-refractivity contribution in [3.05, 3.63) is 24.0 Å². The number of piperidine rings is 1. The van der Waals surface area contributed by atoms with E-state index in [0.717, 1.165) is 63.4 Å². The summed E-state index contributed by atoms with van der Waals surface area (Å²) in [6.45, 7) is 5.70. The Morgan fingerprint density at radius 3 is 2.96 bits per heavy atom. The first-order chi connectivity index (χ1) is 12.2. The van der Waals surface area contributed by atoms with E-state index in [1.165, 1.54) is 0 Å². The highest BCUT2D eigenvalue weighted by atomic mass is 16.5. The third-order valence-corrected chi connectivity index (χ3v) is 5.85. The molecule has 3 fully saturated rings. The number of rotatable bonds is 3. The van der Waals surface area contributed by atoms with Gasteiger partial charge in [-0.3, -0.25) is 14.7 Å².